The zero-order valence-electron chi connectivity index (χ0n) is 15.3. The number of carbonyl (C=O) groups excluding carboxylic acids is 1. The van der Waals surface area contributed by atoms with Gasteiger partial charge in [0.15, 0.2) is 11.6 Å². The second kappa shape index (κ2) is 4.58. The molecule has 4 aliphatic carbocycles. The molecule has 0 amide bonds. The average molecular weight is 344 g/mol. The summed E-state index contributed by atoms with van der Waals surface area (Å²) in [6, 6.07) is 0. The lowest BCUT2D eigenvalue weighted by Crippen LogP contribution is -2.57. The lowest BCUT2D eigenvalue weighted by Gasteiger charge is -2.57. The quantitative estimate of drug-likeness (QED) is 0.633. The first-order valence-electron chi connectivity index (χ1n) is 10.2. The van der Waals surface area contributed by atoms with Gasteiger partial charge in [-0.05, 0) is 61.0 Å². The second-order valence-electron chi connectivity index (χ2n) is 9.74. The molecule has 2 saturated heterocycles. The maximum absolute atomic E-state index is 13.3. The predicted octanol–water partition coefficient (Wildman–Crippen LogP) is 3.25. The molecule has 0 N–H and O–H groups in total. The van der Waals surface area contributed by atoms with Crippen molar-refractivity contribution in [3.63, 3.8) is 0 Å². The third-order valence-corrected chi connectivity index (χ3v) is 9.01. The highest BCUT2D eigenvalue weighted by molar-refractivity contribution is 5.95. The Hall–Kier alpha value is -0.710. The lowest BCUT2D eigenvalue weighted by molar-refractivity contribution is -0.240. The Kier molecular flexibility index (Phi) is 2.81. The van der Waals surface area contributed by atoms with Gasteiger partial charge in [0.25, 0.3) is 0 Å². The summed E-state index contributed by atoms with van der Waals surface area (Å²) in [7, 11) is 0. The van der Waals surface area contributed by atoms with Gasteiger partial charge in [-0.3, -0.25) is 4.79 Å². The number of hydrogen-bond acceptors (Lipinski definition) is 4. The number of hydrogen-bond donors (Lipinski definition) is 0. The van der Waals surface area contributed by atoms with Gasteiger partial charge in [-0.15, -0.1) is 0 Å². The molecule has 7 atom stereocenters. The maximum Gasteiger partial charge on any atom is 0.174 e. The molecule has 0 bridgehead atoms. The molecule has 3 unspecified atom stereocenters. The van der Waals surface area contributed by atoms with Crippen molar-refractivity contribution in [3.05, 3.63) is 11.6 Å². The molecule has 6 aliphatic rings. The minimum Gasteiger partial charge on any atom is -0.365 e. The first kappa shape index (κ1) is 15.4. The van der Waals surface area contributed by atoms with Gasteiger partial charge in [0.1, 0.15) is 6.10 Å². The number of allylic oxidation sites excluding steroid dienone is 1. The van der Waals surface area contributed by atoms with Gasteiger partial charge in [-0.2, -0.15) is 0 Å². The summed E-state index contributed by atoms with van der Waals surface area (Å²) in [4.78, 5) is 13.3. The Morgan fingerprint density at radius 1 is 1.00 bits per heavy atom. The van der Waals surface area contributed by atoms with Crippen LogP contribution in [-0.2, 0) is 19.0 Å². The molecule has 0 radical (unpaired) electrons. The Labute approximate surface area is 149 Å². The first-order valence-corrected chi connectivity index (χ1v) is 10.2. The molecule has 5 fully saturated rings. The van der Waals surface area contributed by atoms with Crippen molar-refractivity contribution in [2.45, 2.75) is 70.4 Å². The zero-order chi connectivity index (χ0) is 17.0. The summed E-state index contributed by atoms with van der Waals surface area (Å²) < 4.78 is 18.2. The van der Waals surface area contributed by atoms with E-state index in [-0.39, 0.29) is 22.9 Å². The van der Waals surface area contributed by atoms with Crippen LogP contribution < -0.4 is 0 Å². The highest BCUT2D eigenvalue weighted by Gasteiger charge is 2.69. The SMILES string of the molecule is C[C@]12CC[C@H]3O[C@H]3C1=CC(=O)C1C2CC[C@@]2(C)C1CCC21OCCO1. The molecule has 0 aromatic carbocycles. The molecule has 0 aromatic rings. The van der Waals surface area contributed by atoms with Crippen LogP contribution in [0.3, 0.4) is 0 Å². The number of fused-ring (bicyclic) bond motifs is 8. The van der Waals surface area contributed by atoms with Crippen LogP contribution in [0, 0.1) is 28.6 Å². The van der Waals surface area contributed by atoms with Crippen LogP contribution in [-0.4, -0.2) is 37.0 Å². The highest BCUT2D eigenvalue weighted by atomic mass is 16.7. The third kappa shape index (κ3) is 1.68. The molecule has 6 rings (SSSR count). The van der Waals surface area contributed by atoms with E-state index >= 15 is 0 Å². The molecule has 25 heavy (non-hydrogen) atoms. The lowest BCUT2D eigenvalue weighted by atomic mass is 9.47. The average Bonchev–Trinajstić information content (AvgIpc) is 3.12. The summed E-state index contributed by atoms with van der Waals surface area (Å²) in [5, 5.41) is 0. The van der Waals surface area contributed by atoms with Gasteiger partial charge in [-0.25, -0.2) is 0 Å². The number of epoxide rings is 1. The van der Waals surface area contributed by atoms with Gasteiger partial charge < -0.3 is 14.2 Å². The number of carbonyl (C=O) groups is 1. The van der Waals surface area contributed by atoms with Crippen molar-refractivity contribution in [2.75, 3.05) is 13.2 Å². The van der Waals surface area contributed by atoms with Crippen molar-refractivity contribution in [2.24, 2.45) is 28.6 Å². The van der Waals surface area contributed by atoms with E-state index in [9.17, 15) is 4.79 Å². The number of rotatable bonds is 0. The molecule has 0 aromatic heterocycles. The van der Waals surface area contributed by atoms with E-state index in [1.807, 2.05) is 6.08 Å². The van der Waals surface area contributed by atoms with Crippen LogP contribution in [0.25, 0.3) is 0 Å². The molecule has 1 spiro atoms. The fraction of sp³-hybridized carbons (Fsp3) is 0.857. The van der Waals surface area contributed by atoms with Gasteiger partial charge in [0, 0.05) is 17.8 Å². The monoisotopic (exact) mass is 344 g/mol. The van der Waals surface area contributed by atoms with Gasteiger partial charge in [-0.1, -0.05) is 13.8 Å². The van der Waals surface area contributed by atoms with E-state index in [4.69, 9.17) is 14.2 Å². The minimum absolute atomic E-state index is 0.0185. The van der Waals surface area contributed by atoms with Crippen molar-refractivity contribution >= 4 is 5.78 Å². The Bertz CT molecular complexity index is 677. The van der Waals surface area contributed by atoms with Crippen LogP contribution in [0.4, 0.5) is 0 Å². The van der Waals surface area contributed by atoms with Crippen molar-refractivity contribution in [1.29, 1.82) is 0 Å². The van der Waals surface area contributed by atoms with Crippen LogP contribution in [0.5, 0.6) is 0 Å². The number of ketones is 1. The van der Waals surface area contributed by atoms with E-state index in [1.165, 1.54) is 12.0 Å². The van der Waals surface area contributed by atoms with E-state index < -0.39 is 5.79 Å². The summed E-state index contributed by atoms with van der Waals surface area (Å²) in [6.07, 6.45) is 9.22. The van der Waals surface area contributed by atoms with E-state index in [1.54, 1.807) is 0 Å². The van der Waals surface area contributed by atoms with E-state index in [0.717, 1.165) is 32.1 Å². The van der Waals surface area contributed by atoms with Crippen LogP contribution >= 0.6 is 0 Å². The molecule has 3 saturated carbocycles. The van der Waals surface area contributed by atoms with Gasteiger partial charge >= 0.3 is 0 Å². The molecule has 4 heteroatoms. The highest BCUT2D eigenvalue weighted by Crippen LogP contribution is 2.69. The molecular formula is C21H28O4. The summed E-state index contributed by atoms with van der Waals surface area (Å²) >= 11 is 0. The van der Waals surface area contributed by atoms with Crippen molar-refractivity contribution in [1.82, 2.24) is 0 Å². The Morgan fingerprint density at radius 2 is 1.76 bits per heavy atom. The normalized spacial score (nSPS) is 55.2. The summed E-state index contributed by atoms with van der Waals surface area (Å²) in [6.45, 7) is 6.15. The smallest absolute Gasteiger partial charge is 0.174 e. The maximum atomic E-state index is 13.3. The number of ether oxygens (including phenoxy) is 3. The first-order chi connectivity index (χ1) is 12.0. The van der Waals surface area contributed by atoms with Crippen LogP contribution in [0.15, 0.2) is 11.6 Å². The van der Waals surface area contributed by atoms with Crippen LogP contribution in [0.2, 0.25) is 0 Å². The summed E-state index contributed by atoms with van der Waals surface area (Å²) in [5.74, 6) is 0.948. The molecule has 4 nitrogen and oxygen atoms in total. The van der Waals surface area contributed by atoms with Gasteiger partial charge in [0.2, 0.25) is 0 Å². The fourth-order valence-corrected chi connectivity index (χ4v) is 7.58. The Balaban J connectivity index is 1.42. The van der Waals surface area contributed by atoms with Gasteiger partial charge in [0.05, 0.1) is 19.3 Å². The Morgan fingerprint density at radius 3 is 2.56 bits per heavy atom. The van der Waals surface area contributed by atoms with Crippen LogP contribution in [0.1, 0.15) is 52.4 Å². The molecule has 136 valence electrons. The van der Waals surface area contributed by atoms with E-state index in [0.29, 0.717) is 36.9 Å². The standard InChI is InChI=1S/C21H28O4/c1-19-6-5-16-18(25-16)14(19)11-15(22)17-12(19)3-7-20(2)13(17)4-8-21(20)23-9-10-24-21/h11-13,16-18H,3-10H2,1-2H3/t12?,13?,16-,17?,18+,19-,20+/m1/s1. The predicted molar refractivity (Wildman–Crippen MR) is 90.8 cm³/mol. The third-order valence-electron chi connectivity index (χ3n) is 9.01. The molecular weight excluding hydrogens is 316 g/mol. The minimum atomic E-state index is -0.426. The second-order valence-corrected chi connectivity index (χ2v) is 9.74. The fourth-order valence-electron chi connectivity index (χ4n) is 7.58. The zero-order valence-corrected chi connectivity index (χ0v) is 15.3. The van der Waals surface area contributed by atoms with Crippen molar-refractivity contribution in [3.8, 4) is 0 Å². The topological polar surface area (TPSA) is 48.1 Å². The van der Waals surface area contributed by atoms with E-state index in [2.05, 4.69) is 13.8 Å². The summed E-state index contributed by atoms with van der Waals surface area (Å²) in [5.41, 5.74) is 1.46. The largest absolute Gasteiger partial charge is 0.365 e. The molecule has 2 aliphatic heterocycles. The van der Waals surface area contributed by atoms with Crippen molar-refractivity contribution < 1.29 is 19.0 Å². The molecule has 2 heterocycles.